The summed E-state index contributed by atoms with van der Waals surface area (Å²) in [4.78, 5) is 11.3. The van der Waals surface area contributed by atoms with Gasteiger partial charge in [0.05, 0.1) is 12.0 Å². The fraction of sp³-hybridized carbons (Fsp3) is 0.889. The molecule has 1 amide bonds. The zero-order valence-electron chi connectivity index (χ0n) is 8.10. The van der Waals surface area contributed by atoms with Gasteiger partial charge < -0.3 is 10.6 Å². The number of amides is 1. The molecule has 2 atom stereocenters. The van der Waals surface area contributed by atoms with E-state index < -0.39 is 18.1 Å². The number of carbonyl (C=O) groups is 1. The van der Waals surface area contributed by atoms with E-state index in [1.807, 2.05) is 0 Å². The molecule has 2 aliphatic rings. The lowest BCUT2D eigenvalue weighted by molar-refractivity contribution is -0.174. The van der Waals surface area contributed by atoms with Crippen LogP contribution in [0.1, 0.15) is 12.8 Å². The normalized spacial score (nSPS) is 31.7. The van der Waals surface area contributed by atoms with Gasteiger partial charge in [-0.3, -0.25) is 4.79 Å². The van der Waals surface area contributed by atoms with Gasteiger partial charge in [0.1, 0.15) is 0 Å². The largest absolute Gasteiger partial charge is 0.395 e. The molecule has 3 nitrogen and oxygen atoms in total. The summed E-state index contributed by atoms with van der Waals surface area (Å²) >= 11 is 0. The molecule has 0 spiro atoms. The van der Waals surface area contributed by atoms with E-state index in [-0.39, 0.29) is 24.9 Å². The van der Waals surface area contributed by atoms with Crippen molar-refractivity contribution in [2.24, 2.45) is 11.8 Å². The molecule has 0 aromatic carbocycles. The molecular weight excluding hydrogens is 209 g/mol. The van der Waals surface area contributed by atoms with E-state index >= 15 is 0 Å². The van der Waals surface area contributed by atoms with Crippen LogP contribution < -0.4 is 10.6 Å². The average molecular weight is 222 g/mol. The van der Waals surface area contributed by atoms with Gasteiger partial charge in [-0.05, 0) is 12.8 Å². The second kappa shape index (κ2) is 3.66. The molecule has 1 heterocycles. The van der Waals surface area contributed by atoms with Crippen LogP contribution >= 0.6 is 0 Å². The molecule has 2 N–H and O–H groups in total. The second-order valence-electron chi connectivity index (χ2n) is 4.20. The number of alkyl halides is 3. The summed E-state index contributed by atoms with van der Waals surface area (Å²) in [5, 5.41) is 5.13. The minimum atomic E-state index is -4.23. The van der Waals surface area contributed by atoms with Crippen molar-refractivity contribution in [3.63, 3.8) is 0 Å². The van der Waals surface area contributed by atoms with Crippen molar-refractivity contribution < 1.29 is 18.0 Å². The lowest BCUT2D eigenvalue weighted by Crippen LogP contribution is -2.45. The second-order valence-corrected chi connectivity index (χ2v) is 4.20. The van der Waals surface area contributed by atoms with Crippen LogP contribution in [0, 0.1) is 11.8 Å². The van der Waals surface area contributed by atoms with Gasteiger partial charge in [0.2, 0.25) is 5.91 Å². The lowest BCUT2D eigenvalue weighted by atomic mass is 10.0. The summed E-state index contributed by atoms with van der Waals surface area (Å²) in [7, 11) is 0. The Morgan fingerprint density at radius 1 is 1.27 bits per heavy atom. The standard InChI is InChI=1S/C9H13F3N2O/c10-9(11,12)6-3-13-4-7(6)14-8(15)5-1-2-5/h5-7,13H,1-4H2,(H,14,15)/t6-,7-/m1/s1. The predicted octanol–water partition coefficient (Wildman–Crippen LogP) is 0.663. The van der Waals surface area contributed by atoms with E-state index in [4.69, 9.17) is 0 Å². The quantitative estimate of drug-likeness (QED) is 0.720. The van der Waals surface area contributed by atoms with Gasteiger partial charge in [-0.25, -0.2) is 0 Å². The Balaban J connectivity index is 1.92. The van der Waals surface area contributed by atoms with Crippen molar-refractivity contribution in [1.29, 1.82) is 0 Å². The van der Waals surface area contributed by atoms with Crippen LogP contribution in [-0.4, -0.2) is 31.2 Å². The third-order valence-corrected chi connectivity index (χ3v) is 2.91. The topological polar surface area (TPSA) is 41.1 Å². The number of hydrogen-bond donors (Lipinski definition) is 2. The summed E-state index contributed by atoms with van der Waals surface area (Å²) in [6.07, 6.45) is -2.61. The smallest absolute Gasteiger partial charge is 0.351 e. The maximum Gasteiger partial charge on any atom is 0.395 e. The third kappa shape index (κ3) is 2.42. The van der Waals surface area contributed by atoms with E-state index in [9.17, 15) is 18.0 Å². The van der Waals surface area contributed by atoms with Crippen LogP contribution in [0.2, 0.25) is 0 Å². The Morgan fingerprint density at radius 3 is 2.47 bits per heavy atom. The number of nitrogens with one attached hydrogen (secondary N) is 2. The number of carbonyl (C=O) groups excluding carboxylic acids is 1. The number of hydrogen-bond acceptors (Lipinski definition) is 2. The monoisotopic (exact) mass is 222 g/mol. The van der Waals surface area contributed by atoms with Crippen LogP contribution in [0.25, 0.3) is 0 Å². The molecular formula is C9H13F3N2O. The van der Waals surface area contributed by atoms with Crippen molar-refractivity contribution in [3.8, 4) is 0 Å². The number of halogens is 3. The van der Waals surface area contributed by atoms with E-state index in [0.29, 0.717) is 0 Å². The first-order valence-electron chi connectivity index (χ1n) is 5.06. The fourth-order valence-electron chi connectivity index (χ4n) is 1.82. The maximum absolute atomic E-state index is 12.5. The molecule has 2 rings (SSSR count). The van der Waals surface area contributed by atoms with E-state index in [1.165, 1.54) is 0 Å². The molecule has 86 valence electrons. The molecule has 1 aliphatic heterocycles. The van der Waals surface area contributed by atoms with Crippen molar-refractivity contribution in [2.75, 3.05) is 13.1 Å². The zero-order chi connectivity index (χ0) is 11.1. The molecule has 0 bridgehead atoms. The third-order valence-electron chi connectivity index (χ3n) is 2.91. The molecule has 6 heteroatoms. The first kappa shape index (κ1) is 10.7. The van der Waals surface area contributed by atoms with Crippen molar-refractivity contribution >= 4 is 5.91 Å². The molecule has 15 heavy (non-hydrogen) atoms. The fourth-order valence-corrected chi connectivity index (χ4v) is 1.82. The lowest BCUT2D eigenvalue weighted by Gasteiger charge is -2.22. The molecule has 0 aromatic rings. The van der Waals surface area contributed by atoms with Crippen LogP contribution in [0.3, 0.4) is 0 Å². The van der Waals surface area contributed by atoms with Gasteiger partial charge in [0.25, 0.3) is 0 Å². The summed E-state index contributed by atoms with van der Waals surface area (Å²) in [5.41, 5.74) is 0. The first-order chi connectivity index (χ1) is 6.98. The van der Waals surface area contributed by atoms with E-state index in [1.54, 1.807) is 0 Å². The highest BCUT2D eigenvalue weighted by atomic mass is 19.4. The Morgan fingerprint density at radius 2 is 1.93 bits per heavy atom. The van der Waals surface area contributed by atoms with Gasteiger partial charge in [0.15, 0.2) is 0 Å². The zero-order valence-corrected chi connectivity index (χ0v) is 8.10. The van der Waals surface area contributed by atoms with Gasteiger partial charge in [-0.15, -0.1) is 0 Å². The van der Waals surface area contributed by atoms with E-state index in [2.05, 4.69) is 10.6 Å². The minimum absolute atomic E-state index is 0.0421. The number of rotatable bonds is 2. The summed E-state index contributed by atoms with van der Waals surface area (Å²) < 4.78 is 37.5. The van der Waals surface area contributed by atoms with Gasteiger partial charge >= 0.3 is 6.18 Å². The Bertz CT molecular complexity index is 263. The summed E-state index contributed by atoms with van der Waals surface area (Å²) in [6, 6.07) is -0.793. The Hall–Kier alpha value is -0.780. The van der Waals surface area contributed by atoms with Gasteiger partial charge in [0, 0.05) is 19.0 Å². The van der Waals surface area contributed by atoms with Gasteiger partial charge in [-0.1, -0.05) is 0 Å². The van der Waals surface area contributed by atoms with Crippen LogP contribution in [0.15, 0.2) is 0 Å². The van der Waals surface area contributed by atoms with Gasteiger partial charge in [-0.2, -0.15) is 13.2 Å². The Kier molecular flexibility index (Phi) is 2.62. The van der Waals surface area contributed by atoms with Crippen molar-refractivity contribution in [3.05, 3.63) is 0 Å². The average Bonchev–Trinajstić information content (AvgIpc) is 2.85. The SMILES string of the molecule is O=C(N[C@@H]1CNC[C@H]1C(F)(F)F)C1CC1. The summed E-state index contributed by atoms with van der Waals surface area (Å²) in [5.74, 6) is -1.71. The Labute approximate surface area is 85.4 Å². The molecule has 2 fully saturated rings. The maximum atomic E-state index is 12.5. The van der Waals surface area contributed by atoms with Crippen LogP contribution in [-0.2, 0) is 4.79 Å². The predicted molar refractivity (Wildman–Crippen MR) is 47.1 cm³/mol. The molecule has 0 aromatic heterocycles. The van der Waals surface area contributed by atoms with Crippen LogP contribution in [0.5, 0.6) is 0 Å². The highest BCUT2D eigenvalue weighted by Crippen LogP contribution is 2.33. The minimum Gasteiger partial charge on any atom is -0.351 e. The highest BCUT2D eigenvalue weighted by molar-refractivity contribution is 5.81. The van der Waals surface area contributed by atoms with E-state index in [0.717, 1.165) is 12.8 Å². The molecule has 0 radical (unpaired) electrons. The van der Waals surface area contributed by atoms with Crippen LogP contribution in [0.4, 0.5) is 13.2 Å². The molecule has 1 saturated heterocycles. The summed E-state index contributed by atoms with van der Waals surface area (Å²) in [6.45, 7) is 0.113. The molecule has 1 aliphatic carbocycles. The first-order valence-corrected chi connectivity index (χ1v) is 5.06. The van der Waals surface area contributed by atoms with Crippen molar-refractivity contribution in [2.45, 2.75) is 25.1 Å². The molecule has 0 unspecified atom stereocenters. The van der Waals surface area contributed by atoms with Crippen molar-refractivity contribution in [1.82, 2.24) is 10.6 Å². The molecule has 1 saturated carbocycles. The highest BCUT2D eigenvalue weighted by Gasteiger charge is 2.48.